The third-order valence-electron chi connectivity index (χ3n) is 3.03. The van der Waals surface area contributed by atoms with Gasteiger partial charge in [0.15, 0.2) is 0 Å². The minimum atomic E-state index is 0.473. The van der Waals surface area contributed by atoms with Crippen molar-refractivity contribution in [1.29, 1.82) is 0 Å². The molecule has 2 rings (SSSR count). The fourth-order valence-corrected chi connectivity index (χ4v) is 2.58. The summed E-state index contributed by atoms with van der Waals surface area (Å²) in [6.07, 6.45) is 0. The fourth-order valence-electron chi connectivity index (χ4n) is 2.29. The van der Waals surface area contributed by atoms with E-state index in [9.17, 15) is 0 Å². The number of hydrogen-bond acceptors (Lipinski definition) is 2. The fraction of sp³-hybridized carbons (Fsp3) is 0.500. The van der Waals surface area contributed by atoms with Crippen molar-refractivity contribution < 1.29 is 0 Å². The van der Waals surface area contributed by atoms with Gasteiger partial charge in [-0.3, -0.25) is 0 Å². The maximum Gasteiger partial charge on any atom is 0.0612 e. The molecule has 4 heteroatoms. The molecule has 1 saturated heterocycles. The Balaban J connectivity index is 2.30. The SMILES string of the molecule is CC1CNCC(C)N1c1ccc(Cl)c(Cl)c1. The summed E-state index contributed by atoms with van der Waals surface area (Å²) in [5, 5.41) is 4.64. The Hall–Kier alpha value is -0.440. The molecule has 1 aliphatic heterocycles. The number of piperazine rings is 1. The molecule has 1 aliphatic rings. The van der Waals surface area contributed by atoms with Gasteiger partial charge in [-0.15, -0.1) is 0 Å². The Kier molecular flexibility index (Phi) is 3.63. The lowest BCUT2D eigenvalue weighted by Gasteiger charge is -2.41. The molecular weight excluding hydrogens is 243 g/mol. The second kappa shape index (κ2) is 4.82. The molecular formula is C12H16Cl2N2. The second-order valence-electron chi connectivity index (χ2n) is 4.36. The average Bonchev–Trinajstić information content (AvgIpc) is 2.23. The Morgan fingerprint density at radius 1 is 1.12 bits per heavy atom. The predicted octanol–water partition coefficient (Wildman–Crippen LogP) is 3.18. The van der Waals surface area contributed by atoms with Crippen molar-refractivity contribution in [3.63, 3.8) is 0 Å². The quantitative estimate of drug-likeness (QED) is 0.833. The van der Waals surface area contributed by atoms with Gasteiger partial charge in [0, 0.05) is 30.9 Å². The minimum Gasteiger partial charge on any atom is -0.364 e. The van der Waals surface area contributed by atoms with Gasteiger partial charge >= 0.3 is 0 Å². The van der Waals surface area contributed by atoms with Crippen LogP contribution in [0.4, 0.5) is 5.69 Å². The van der Waals surface area contributed by atoms with Crippen LogP contribution in [0.2, 0.25) is 10.0 Å². The summed E-state index contributed by atoms with van der Waals surface area (Å²) in [5.74, 6) is 0. The minimum absolute atomic E-state index is 0.473. The predicted molar refractivity (Wildman–Crippen MR) is 70.7 cm³/mol. The van der Waals surface area contributed by atoms with Gasteiger partial charge in [0.25, 0.3) is 0 Å². The summed E-state index contributed by atoms with van der Waals surface area (Å²) in [5.41, 5.74) is 1.15. The summed E-state index contributed by atoms with van der Waals surface area (Å²) in [7, 11) is 0. The first-order valence-corrected chi connectivity index (χ1v) is 6.29. The summed E-state index contributed by atoms with van der Waals surface area (Å²) < 4.78 is 0. The third-order valence-corrected chi connectivity index (χ3v) is 3.77. The van der Waals surface area contributed by atoms with Crippen LogP contribution in [0.5, 0.6) is 0 Å². The van der Waals surface area contributed by atoms with Crippen LogP contribution in [-0.4, -0.2) is 25.2 Å². The van der Waals surface area contributed by atoms with Crippen LogP contribution >= 0.6 is 23.2 Å². The highest BCUT2D eigenvalue weighted by molar-refractivity contribution is 6.42. The van der Waals surface area contributed by atoms with Crippen LogP contribution in [0, 0.1) is 0 Å². The smallest absolute Gasteiger partial charge is 0.0612 e. The van der Waals surface area contributed by atoms with Gasteiger partial charge in [-0.2, -0.15) is 0 Å². The van der Waals surface area contributed by atoms with Crippen molar-refractivity contribution in [2.24, 2.45) is 0 Å². The van der Waals surface area contributed by atoms with Gasteiger partial charge in [0.2, 0.25) is 0 Å². The highest BCUT2D eigenvalue weighted by atomic mass is 35.5. The van der Waals surface area contributed by atoms with E-state index in [2.05, 4.69) is 24.1 Å². The van der Waals surface area contributed by atoms with Crippen molar-refractivity contribution in [2.75, 3.05) is 18.0 Å². The van der Waals surface area contributed by atoms with Gasteiger partial charge in [-0.1, -0.05) is 23.2 Å². The number of rotatable bonds is 1. The normalized spacial score (nSPS) is 25.9. The first-order valence-electron chi connectivity index (χ1n) is 5.53. The molecule has 1 N–H and O–H groups in total. The van der Waals surface area contributed by atoms with E-state index >= 15 is 0 Å². The summed E-state index contributed by atoms with van der Waals surface area (Å²) >= 11 is 12.0. The van der Waals surface area contributed by atoms with Crippen molar-refractivity contribution in [1.82, 2.24) is 5.32 Å². The number of nitrogens with zero attached hydrogens (tertiary/aromatic N) is 1. The molecule has 0 aromatic heterocycles. The zero-order chi connectivity index (χ0) is 11.7. The van der Waals surface area contributed by atoms with E-state index in [0.717, 1.165) is 18.8 Å². The Labute approximate surface area is 107 Å². The lowest BCUT2D eigenvalue weighted by atomic mass is 10.1. The van der Waals surface area contributed by atoms with Crippen molar-refractivity contribution >= 4 is 28.9 Å². The maximum absolute atomic E-state index is 6.05. The van der Waals surface area contributed by atoms with Gasteiger partial charge in [0.05, 0.1) is 10.0 Å². The molecule has 1 aromatic carbocycles. The molecule has 16 heavy (non-hydrogen) atoms. The Morgan fingerprint density at radius 3 is 2.31 bits per heavy atom. The first kappa shape index (κ1) is 12.0. The van der Waals surface area contributed by atoms with Crippen LogP contribution in [-0.2, 0) is 0 Å². The largest absolute Gasteiger partial charge is 0.364 e. The number of anilines is 1. The zero-order valence-corrected chi connectivity index (χ0v) is 11.0. The lowest BCUT2D eigenvalue weighted by Crippen LogP contribution is -2.55. The van der Waals surface area contributed by atoms with Crippen LogP contribution in [0.3, 0.4) is 0 Å². The monoisotopic (exact) mass is 258 g/mol. The lowest BCUT2D eigenvalue weighted by molar-refractivity contribution is 0.432. The number of halogens is 2. The number of nitrogens with one attached hydrogen (secondary N) is 1. The van der Waals surface area contributed by atoms with Crippen molar-refractivity contribution in [3.8, 4) is 0 Å². The molecule has 88 valence electrons. The van der Waals surface area contributed by atoms with Gasteiger partial charge in [0.1, 0.15) is 0 Å². The molecule has 1 fully saturated rings. The zero-order valence-electron chi connectivity index (χ0n) is 9.50. The molecule has 0 spiro atoms. The average molecular weight is 259 g/mol. The molecule has 0 radical (unpaired) electrons. The standard InChI is InChI=1S/C12H16Cl2N2/c1-8-6-15-7-9(2)16(8)10-3-4-11(13)12(14)5-10/h3-5,8-9,15H,6-7H2,1-2H3. The molecule has 0 bridgehead atoms. The molecule has 0 aliphatic carbocycles. The second-order valence-corrected chi connectivity index (χ2v) is 5.18. The van der Waals surface area contributed by atoms with Crippen molar-refractivity contribution in [2.45, 2.75) is 25.9 Å². The topological polar surface area (TPSA) is 15.3 Å². The molecule has 2 nitrogen and oxygen atoms in total. The van der Waals surface area contributed by atoms with E-state index < -0.39 is 0 Å². The highest BCUT2D eigenvalue weighted by Gasteiger charge is 2.24. The van der Waals surface area contributed by atoms with E-state index in [1.807, 2.05) is 18.2 Å². The van der Waals surface area contributed by atoms with Gasteiger partial charge in [-0.25, -0.2) is 0 Å². The van der Waals surface area contributed by atoms with Crippen LogP contribution in [0.15, 0.2) is 18.2 Å². The van der Waals surface area contributed by atoms with Crippen LogP contribution in [0.1, 0.15) is 13.8 Å². The molecule has 2 unspecified atom stereocenters. The van der Waals surface area contributed by atoms with Crippen LogP contribution < -0.4 is 10.2 Å². The van der Waals surface area contributed by atoms with E-state index in [1.165, 1.54) is 0 Å². The number of benzene rings is 1. The Morgan fingerprint density at radius 2 is 1.75 bits per heavy atom. The van der Waals surface area contributed by atoms with Crippen molar-refractivity contribution in [3.05, 3.63) is 28.2 Å². The molecule has 0 saturated carbocycles. The summed E-state index contributed by atoms with van der Waals surface area (Å²) in [6, 6.07) is 6.79. The van der Waals surface area contributed by atoms with E-state index in [0.29, 0.717) is 22.1 Å². The van der Waals surface area contributed by atoms with E-state index in [-0.39, 0.29) is 0 Å². The molecule has 0 amide bonds. The van der Waals surface area contributed by atoms with E-state index in [1.54, 1.807) is 0 Å². The maximum atomic E-state index is 6.05. The van der Waals surface area contributed by atoms with Gasteiger partial charge < -0.3 is 10.2 Å². The highest BCUT2D eigenvalue weighted by Crippen LogP contribution is 2.29. The van der Waals surface area contributed by atoms with E-state index in [4.69, 9.17) is 23.2 Å². The summed E-state index contributed by atoms with van der Waals surface area (Å²) in [6.45, 7) is 6.44. The van der Waals surface area contributed by atoms with Gasteiger partial charge in [-0.05, 0) is 32.0 Å². The first-order chi connectivity index (χ1) is 7.59. The van der Waals surface area contributed by atoms with Crippen LogP contribution in [0.25, 0.3) is 0 Å². The Bertz CT molecular complexity index is 371. The molecule has 1 heterocycles. The number of hydrogen-bond donors (Lipinski definition) is 1. The summed E-state index contributed by atoms with van der Waals surface area (Å²) in [4.78, 5) is 2.39. The molecule has 1 aromatic rings. The molecule has 2 atom stereocenters. The third kappa shape index (κ3) is 2.29.